The van der Waals surface area contributed by atoms with Crippen LogP contribution in [0.15, 0.2) is 0 Å². The lowest BCUT2D eigenvalue weighted by Crippen LogP contribution is -2.55. The maximum absolute atomic E-state index is 11.3. The maximum atomic E-state index is 11.3. The Balaban J connectivity index is 4.73. The van der Waals surface area contributed by atoms with E-state index in [0.29, 0.717) is 12.8 Å². The summed E-state index contributed by atoms with van der Waals surface area (Å²) >= 11 is 0. The van der Waals surface area contributed by atoms with Gasteiger partial charge < -0.3 is 10.2 Å². The van der Waals surface area contributed by atoms with E-state index in [0.717, 1.165) is 32.1 Å². The van der Waals surface area contributed by atoms with Gasteiger partial charge >= 0.3 is 17.7 Å². The Labute approximate surface area is 129 Å². The second-order valence-electron chi connectivity index (χ2n) is 5.50. The molecule has 2 unspecified atom stereocenters. The highest BCUT2D eigenvalue weighted by Gasteiger charge is 2.57. The van der Waals surface area contributed by atoms with Crippen LogP contribution < -0.4 is 0 Å². The van der Waals surface area contributed by atoms with E-state index in [1.807, 2.05) is 0 Å². The SMILES string of the molecule is CCCCCCCCC(C)C(C(=O)O)C(OO)(OO)C(=O)O. The minimum Gasteiger partial charge on any atom is -0.481 e. The van der Waals surface area contributed by atoms with Gasteiger partial charge in [0.2, 0.25) is 0 Å². The Bertz CT molecular complexity index is 340. The number of aliphatic carboxylic acids is 2. The van der Waals surface area contributed by atoms with Crippen molar-refractivity contribution in [3.63, 3.8) is 0 Å². The third kappa shape index (κ3) is 5.53. The van der Waals surface area contributed by atoms with Crippen LogP contribution in [0.25, 0.3) is 0 Å². The van der Waals surface area contributed by atoms with Crippen molar-refractivity contribution in [1.29, 1.82) is 0 Å². The van der Waals surface area contributed by atoms with Crippen molar-refractivity contribution in [3.8, 4) is 0 Å². The van der Waals surface area contributed by atoms with Gasteiger partial charge in [-0.3, -0.25) is 4.79 Å². The van der Waals surface area contributed by atoms with Gasteiger partial charge in [-0.15, -0.1) is 0 Å². The summed E-state index contributed by atoms with van der Waals surface area (Å²) in [7, 11) is 0. The molecule has 0 rings (SSSR count). The molecule has 130 valence electrons. The molecule has 8 heteroatoms. The van der Waals surface area contributed by atoms with Crippen molar-refractivity contribution in [3.05, 3.63) is 0 Å². The molecule has 0 aliphatic heterocycles. The molecule has 0 heterocycles. The number of hydrogen-bond acceptors (Lipinski definition) is 6. The Hall–Kier alpha value is -1.22. The molecule has 0 aromatic carbocycles. The zero-order valence-corrected chi connectivity index (χ0v) is 13.0. The highest BCUT2D eigenvalue weighted by Crippen LogP contribution is 2.33. The third-order valence-electron chi connectivity index (χ3n) is 3.83. The number of rotatable bonds is 13. The molecule has 0 amide bonds. The van der Waals surface area contributed by atoms with E-state index in [1.165, 1.54) is 6.92 Å². The van der Waals surface area contributed by atoms with Gasteiger partial charge in [0.1, 0.15) is 5.92 Å². The van der Waals surface area contributed by atoms with E-state index in [1.54, 1.807) is 0 Å². The van der Waals surface area contributed by atoms with Gasteiger partial charge in [-0.25, -0.2) is 15.3 Å². The molecule has 0 fully saturated rings. The molecule has 2 atom stereocenters. The minimum absolute atomic E-state index is 0.408. The van der Waals surface area contributed by atoms with Gasteiger partial charge in [-0.2, -0.15) is 9.78 Å². The summed E-state index contributed by atoms with van der Waals surface area (Å²) < 4.78 is 0. The molecule has 0 aliphatic carbocycles. The van der Waals surface area contributed by atoms with Crippen LogP contribution in [0.3, 0.4) is 0 Å². The minimum atomic E-state index is -3.03. The summed E-state index contributed by atoms with van der Waals surface area (Å²) in [5.74, 6) is -8.92. The van der Waals surface area contributed by atoms with Crippen molar-refractivity contribution >= 4 is 11.9 Å². The number of carbonyl (C=O) groups is 2. The van der Waals surface area contributed by atoms with Gasteiger partial charge in [0.25, 0.3) is 0 Å². The predicted molar refractivity (Wildman–Crippen MR) is 76.1 cm³/mol. The molecule has 0 aromatic rings. The first-order chi connectivity index (χ1) is 10.4. The molecule has 8 nitrogen and oxygen atoms in total. The first-order valence-electron chi connectivity index (χ1n) is 7.48. The zero-order valence-electron chi connectivity index (χ0n) is 13.0. The van der Waals surface area contributed by atoms with Crippen LogP contribution in [0.5, 0.6) is 0 Å². The monoisotopic (exact) mass is 322 g/mol. The number of carboxylic acid groups (broad SMARTS) is 2. The quantitative estimate of drug-likeness (QED) is 0.176. The molecule has 22 heavy (non-hydrogen) atoms. The molecule has 0 aromatic heterocycles. The smallest absolute Gasteiger partial charge is 0.371 e. The Kier molecular flexibility index (Phi) is 9.91. The number of hydrogen-bond donors (Lipinski definition) is 4. The van der Waals surface area contributed by atoms with Crippen molar-refractivity contribution < 1.29 is 40.1 Å². The van der Waals surface area contributed by atoms with E-state index in [2.05, 4.69) is 16.7 Å². The average Bonchev–Trinajstić information content (AvgIpc) is 2.47. The second kappa shape index (κ2) is 10.5. The van der Waals surface area contributed by atoms with Gasteiger partial charge in [-0.05, 0) is 12.3 Å². The highest BCUT2D eigenvalue weighted by atomic mass is 17.2. The van der Waals surface area contributed by atoms with Gasteiger partial charge in [0.05, 0.1) is 0 Å². The fourth-order valence-electron chi connectivity index (χ4n) is 2.54. The molecule has 0 saturated heterocycles. The normalized spacial score (nSPS) is 14.5. The van der Waals surface area contributed by atoms with Crippen LogP contribution in [-0.4, -0.2) is 38.5 Å². The average molecular weight is 322 g/mol. The fraction of sp³-hybridized carbons (Fsp3) is 0.857. The lowest BCUT2D eigenvalue weighted by Gasteiger charge is -2.31. The summed E-state index contributed by atoms with van der Waals surface area (Å²) in [6.45, 7) is 3.62. The van der Waals surface area contributed by atoms with E-state index in [9.17, 15) is 14.7 Å². The van der Waals surface area contributed by atoms with Crippen molar-refractivity contribution in [2.45, 2.75) is 64.6 Å². The van der Waals surface area contributed by atoms with Crippen LogP contribution in [0, 0.1) is 11.8 Å². The molecule has 0 saturated carbocycles. The standard InChI is InChI=1S/C14H26O8/c1-3-4-5-6-7-8-9-10(2)11(12(15)16)14(21-19,22-20)13(17)18/h10-11,19-20H,3-9H2,1-2H3,(H,15,16)(H,17,18). The topological polar surface area (TPSA) is 134 Å². The third-order valence-corrected chi connectivity index (χ3v) is 3.83. The molecule has 0 aliphatic rings. The summed E-state index contributed by atoms with van der Waals surface area (Å²) in [6.07, 6.45) is 6.41. The first kappa shape index (κ1) is 20.8. The van der Waals surface area contributed by atoms with E-state index >= 15 is 0 Å². The zero-order chi connectivity index (χ0) is 17.2. The van der Waals surface area contributed by atoms with E-state index in [-0.39, 0.29) is 0 Å². The first-order valence-corrected chi connectivity index (χ1v) is 7.48. The highest BCUT2D eigenvalue weighted by molar-refractivity contribution is 5.84. The number of unbranched alkanes of at least 4 members (excludes halogenated alkanes) is 5. The van der Waals surface area contributed by atoms with Crippen LogP contribution in [0.4, 0.5) is 0 Å². The van der Waals surface area contributed by atoms with Crippen LogP contribution >= 0.6 is 0 Å². The summed E-state index contributed by atoms with van der Waals surface area (Å²) in [5, 5.41) is 35.8. The second-order valence-corrected chi connectivity index (χ2v) is 5.50. The largest absolute Gasteiger partial charge is 0.481 e. The van der Waals surface area contributed by atoms with Crippen molar-refractivity contribution in [2.24, 2.45) is 11.8 Å². The molecule has 0 bridgehead atoms. The fourth-order valence-corrected chi connectivity index (χ4v) is 2.54. The number of carboxylic acids is 2. The molecule has 0 spiro atoms. The van der Waals surface area contributed by atoms with Crippen molar-refractivity contribution in [1.82, 2.24) is 0 Å². The molecular weight excluding hydrogens is 296 g/mol. The maximum Gasteiger partial charge on any atom is 0.371 e. The lowest BCUT2D eigenvalue weighted by atomic mass is 9.83. The summed E-state index contributed by atoms with van der Waals surface area (Å²) in [4.78, 5) is 29.9. The van der Waals surface area contributed by atoms with Crippen molar-refractivity contribution in [2.75, 3.05) is 0 Å². The van der Waals surface area contributed by atoms with Crippen LogP contribution in [-0.2, 0) is 19.4 Å². The van der Waals surface area contributed by atoms with Gasteiger partial charge in [-0.1, -0.05) is 52.4 Å². The van der Waals surface area contributed by atoms with Gasteiger partial charge in [0.15, 0.2) is 0 Å². The lowest BCUT2D eigenvalue weighted by molar-refractivity contribution is -0.483. The Morgan fingerprint density at radius 1 is 1.00 bits per heavy atom. The summed E-state index contributed by atoms with van der Waals surface area (Å²) in [6, 6.07) is 0. The van der Waals surface area contributed by atoms with E-state index < -0.39 is 29.6 Å². The Morgan fingerprint density at radius 2 is 1.50 bits per heavy atom. The molecule has 0 radical (unpaired) electrons. The Morgan fingerprint density at radius 3 is 1.91 bits per heavy atom. The molecule has 4 N–H and O–H groups in total. The van der Waals surface area contributed by atoms with E-state index in [4.69, 9.17) is 15.6 Å². The molecular formula is C14H26O8. The van der Waals surface area contributed by atoms with Crippen LogP contribution in [0.1, 0.15) is 58.8 Å². The van der Waals surface area contributed by atoms with Gasteiger partial charge in [0, 0.05) is 0 Å². The predicted octanol–water partition coefficient (Wildman–Crippen LogP) is 2.83. The van der Waals surface area contributed by atoms with Crippen LogP contribution in [0.2, 0.25) is 0 Å². The summed E-state index contributed by atoms with van der Waals surface area (Å²) in [5.41, 5.74) is 0.